The Labute approximate surface area is 206 Å². The largest absolute Gasteiger partial charge is 0.433 e. The molecule has 3 N–H and O–H groups in total. The Morgan fingerprint density at radius 1 is 1.14 bits per heavy atom. The zero-order valence-electron chi connectivity index (χ0n) is 19.7. The number of amides is 1. The van der Waals surface area contributed by atoms with Gasteiger partial charge in [-0.15, -0.1) is 0 Å². The summed E-state index contributed by atoms with van der Waals surface area (Å²) in [4.78, 5) is 20.7. The lowest BCUT2D eigenvalue weighted by Gasteiger charge is -2.23. The van der Waals surface area contributed by atoms with E-state index >= 15 is 0 Å². The molecular weight excluding hydrogens is 473 g/mol. The zero-order chi connectivity index (χ0) is 25.7. The van der Waals surface area contributed by atoms with Gasteiger partial charge in [-0.05, 0) is 72.9 Å². The Kier molecular flexibility index (Phi) is 7.85. The van der Waals surface area contributed by atoms with E-state index in [1.807, 2.05) is 25.1 Å². The van der Waals surface area contributed by atoms with Crippen molar-refractivity contribution in [3.05, 3.63) is 71.2 Å². The number of alkyl halides is 3. The molecule has 7 nitrogen and oxygen atoms in total. The second-order valence-corrected chi connectivity index (χ2v) is 8.61. The molecule has 0 unspecified atom stereocenters. The molecule has 1 aliphatic heterocycles. The number of rotatable bonds is 7. The summed E-state index contributed by atoms with van der Waals surface area (Å²) in [5.74, 6) is 0.208. The van der Waals surface area contributed by atoms with Crippen LogP contribution in [-0.4, -0.2) is 47.3 Å². The number of ether oxygens (including phenoxy) is 1. The molecule has 2 aromatic heterocycles. The summed E-state index contributed by atoms with van der Waals surface area (Å²) < 4.78 is 44.5. The van der Waals surface area contributed by atoms with Gasteiger partial charge in [0.2, 0.25) is 0 Å². The number of carbonyl (C=O) groups is 1. The Hall–Kier alpha value is -3.50. The topological polar surface area (TPSA) is 96.4 Å². The van der Waals surface area contributed by atoms with Gasteiger partial charge in [0.05, 0.1) is 6.61 Å². The van der Waals surface area contributed by atoms with E-state index in [1.165, 1.54) is 6.07 Å². The Morgan fingerprint density at radius 3 is 2.64 bits per heavy atom. The van der Waals surface area contributed by atoms with E-state index in [-0.39, 0.29) is 18.1 Å². The number of aliphatic hydroxyl groups excluding tert-OH is 1. The number of benzene rings is 1. The van der Waals surface area contributed by atoms with Crippen LogP contribution in [0.5, 0.6) is 0 Å². The first-order valence-electron chi connectivity index (χ1n) is 11.6. The summed E-state index contributed by atoms with van der Waals surface area (Å²) in [6.45, 7) is 3.59. The Morgan fingerprint density at radius 2 is 1.92 bits per heavy atom. The third kappa shape index (κ3) is 6.19. The summed E-state index contributed by atoms with van der Waals surface area (Å²) in [5, 5.41) is 15.1. The molecule has 0 saturated carbocycles. The molecule has 0 bridgehead atoms. The van der Waals surface area contributed by atoms with Crippen molar-refractivity contribution >= 4 is 17.4 Å². The lowest BCUT2D eigenvalue weighted by atomic mass is 9.92. The number of aromatic nitrogens is 2. The predicted molar refractivity (Wildman–Crippen MR) is 130 cm³/mol. The minimum Gasteiger partial charge on any atom is -0.395 e. The summed E-state index contributed by atoms with van der Waals surface area (Å²) in [6.07, 6.45) is -1.96. The Balaban J connectivity index is 1.64. The number of anilines is 2. The van der Waals surface area contributed by atoms with Crippen LogP contribution in [0.2, 0.25) is 0 Å². The van der Waals surface area contributed by atoms with Crippen LogP contribution >= 0.6 is 0 Å². The molecule has 1 aromatic carbocycles. The molecule has 0 aliphatic carbocycles. The van der Waals surface area contributed by atoms with Crippen molar-refractivity contribution in [3.8, 4) is 11.1 Å². The summed E-state index contributed by atoms with van der Waals surface area (Å²) >= 11 is 0. The molecular formula is C26H27F3N4O3. The molecule has 4 rings (SSSR count). The van der Waals surface area contributed by atoms with Crippen LogP contribution in [0.1, 0.15) is 46.1 Å². The number of pyridine rings is 2. The standard InChI is InChI=1S/C26H27F3N4O3/c1-16-2-3-20(32-25(35)18-4-7-30-23(13-18)26(27,28)29)15-21(16)19-12-22(17-5-10-36-11-6-17)33-24(14-19)31-8-9-34/h2-4,7,12-15,17,34H,5-6,8-11H2,1H3,(H,31,33)(H,32,35). The quantitative estimate of drug-likeness (QED) is 0.422. The first-order valence-corrected chi connectivity index (χ1v) is 11.6. The normalized spacial score (nSPS) is 14.5. The lowest BCUT2D eigenvalue weighted by Crippen LogP contribution is -2.16. The van der Waals surface area contributed by atoms with Crippen molar-refractivity contribution in [1.29, 1.82) is 0 Å². The maximum Gasteiger partial charge on any atom is 0.433 e. The summed E-state index contributed by atoms with van der Waals surface area (Å²) in [7, 11) is 0. The highest BCUT2D eigenvalue weighted by Gasteiger charge is 2.33. The molecule has 0 atom stereocenters. The zero-order valence-corrected chi connectivity index (χ0v) is 19.7. The first kappa shape index (κ1) is 25.6. The number of carbonyl (C=O) groups excluding carboxylic acids is 1. The van der Waals surface area contributed by atoms with Crippen LogP contribution in [-0.2, 0) is 10.9 Å². The van der Waals surface area contributed by atoms with E-state index < -0.39 is 17.8 Å². The van der Waals surface area contributed by atoms with E-state index in [1.54, 1.807) is 12.1 Å². The van der Waals surface area contributed by atoms with Gasteiger partial charge in [0, 0.05) is 48.8 Å². The monoisotopic (exact) mass is 500 g/mol. The maximum atomic E-state index is 13.0. The maximum absolute atomic E-state index is 13.0. The van der Waals surface area contributed by atoms with Crippen molar-refractivity contribution < 1.29 is 27.8 Å². The fraction of sp³-hybridized carbons (Fsp3) is 0.346. The molecule has 1 aliphatic rings. The molecule has 1 saturated heterocycles. The number of hydrogen-bond acceptors (Lipinski definition) is 6. The number of nitrogens with one attached hydrogen (secondary N) is 2. The fourth-order valence-electron chi connectivity index (χ4n) is 4.13. The van der Waals surface area contributed by atoms with Gasteiger partial charge in [0.15, 0.2) is 0 Å². The lowest BCUT2D eigenvalue weighted by molar-refractivity contribution is -0.141. The third-order valence-corrected chi connectivity index (χ3v) is 6.02. The van der Waals surface area contributed by atoms with E-state index in [0.29, 0.717) is 31.3 Å². The SMILES string of the molecule is Cc1ccc(NC(=O)c2ccnc(C(F)(F)F)c2)cc1-c1cc(NCCO)nc(C2CCOCC2)c1. The molecule has 0 radical (unpaired) electrons. The molecule has 36 heavy (non-hydrogen) atoms. The molecule has 3 aromatic rings. The second-order valence-electron chi connectivity index (χ2n) is 8.61. The van der Waals surface area contributed by atoms with Crippen LogP contribution in [0.3, 0.4) is 0 Å². The summed E-state index contributed by atoms with van der Waals surface area (Å²) in [5.41, 5.74) is 2.78. The van der Waals surface area contributed by atoms with E-state index in [2.05, 4.69) is 15.6 Å². The van der Waals surface area contributed by atoms with Gasteiger partial charge in [0.1, 0.15) is 11.5 Å². The number of aryl methyl sites for hydroxylation is 1. The molecule has 10 heteroatoms. The molecule has 0 spiro atoms. The van der Waals surface area contributed by atoms with Gasteiger partial charge in [-0.25, -0.2) is 4.98 Å². The van der Waals surface area contributed by atoms with Crippen LogP contribution in [0, 0.1) is 6.92 Å². The average Bonchev–Trinajstić information content (AvgIpc) is 2.88. The van der Waals surface area contributed by atoms with Crippen molar-refractivity contribution in [2.75, 3.05) is 37.0 Å². The number of halogens is 3. The highest BCUT2D eigenvalue weighted by atomic mass is 19.4. The van der Waals surface area contributed by atoms with E-state index in [9.17, 15) is 23.1 Å². The molecule has 190 valence electrons. The number of nitrogens with zero attached hydrogens (tertiary/aromatic N) is 2. The van der Waals surface area contributed by atoms with Crippen molar-refractivity contribution in [3.63, 3.8) is 0 Å². The van der Waals surface area contributed by atoms with Gasteiger partial charge >= 0.3 is 6.18 Å². The second kappa shape index (κ2) is 11.0. The van der Waals surface area contributed by atoms with Crippen LogP contribution in [0.15, 0.2) is 48.7 Å². The van der Waals surface area contributed by atoms with Gasteiger partial charge in [-0.3, -0.25) is 9.78 Å². The minimum atomic E-state index is -4.64. The summed E-state index contributed by atoms with van der Waals surface area (Å²) in [6, 6.07) is 11.2. The van der Waals surface area contributed by atoms with Crippen LogP contribution in [0.4, 0.5) is 24.7 Å². The minimum absolute atomic E-state index is 0.0376. The number of aliphatic hydroxyl groups is 1. The van der Waals surface area contributed by atoms with Crippen molar-refractivity contribution in [1.82, 2.24) is 9.97 Å². The van der Waals surface area contributed by atoms with Gasteiger partial charge in [0.25, 0.3) is 5.91 Å². The smallest absolute Gasteiger partial charge is 0.395 e. The third-order valence-electron chi connectivity index (χ3n) is 6.02. The van der Waals surface area contributed by atoms with Crippen molar-refractivity contribution in [2.24, 2.45) is 0 Å². The van der Waals surface area contributed by atoms with Gasteiger partial charge in [-0.2, -0.15) is 13.2 Å². The number of hydrogen-bond donors (Lipinski definition) is 3. The predicted octanol–water partition coefficient (Wildman–Crippen LogP) is 5.02. The fourth-order valence-corrected chi connectivity index (χ4v) is 4.13. The molecule has 3 heterocycles. The highest BCUT2D eigenvalue weighted by Crippen LogP contribution is 2.34. The van der Waals surface area contributed by atoms with E-state index in [4.69, 9.17) is 9.72 Å². The molecule has 1 amide bonds. The van der Waals surface area contributed by atoms with Crippen molar-refractivity contribution in [2.45, 2.75) is 31.9 Å². The molecule has 1 fully saturated rings. The highest BCUT2D eigenvalue weighted by molar-refractivity contribution is 6.04. The van der Waals surface area contributed by atoms with Crippen LogP contribution in [0.25, 0.3) is 11.1 Å². The van der Waals surface area contributed by atoms with Gasteiger partial charge in [-0.1, -0.05) is 6.07 Å². The van der Waals surface area contributed by atoms with Crippen LogP contribution < -0.4 is 10.6 Å². The van der Waals surface area contributed by atoms with Gasteiger partial charge < -0.3 is 20.5 Å². The average molecular weight is 501 g/mol. The van der Waals surface area contributed by atoms with E-state index in [0.717, 1.165) is 47.5 Å². The first-order chi connectivity index (χ1) is 17.2. The Bertz CT molecular complexity index is 1230.